The van der Waals surface area contributed by atoms with Crippen molar-refractivity contribution in [3.05, 3.63) is 36.0 Å². The minimum absolute atomic E-state index is 0.251. The highest BCUT2D eigenvalue weighted by Gasteiger charge is 2.40. The third-order valence-electron chi connectivity index (χ3n) is 4.89. The number of halogens is 1. The second-order valence-electron chi connectivity index (χ2n) is 6.16. The molecule has 0 radical (unpaired) electrons. The van der Waals surface area contributed by atoms with E-state index in [2.05, 4.69) is 10.1 Å². The van der Waals surface area contributed by atoms with Gasteiger partial charge in [0.15, 0.2) is 0 Å². The fourth-order valence-electron chi connectivity index (χ4n) is 3.90. The third kappa shape index (κ3) is 2.13. The van der Waals surface area contributed by atoms with Gasteiger partial charge >= 0.3 is 0 Å². The predicted molar refractivity (Wildman–Crippen MR) is 72.3 cm³/mol. The van der Waals surface area contributed by atoms with Gasteiger partial charge in [0.2, 0.25) is 11.7 Å². The van der Waals surface area contributed by atoms with E-state index in [1.165, 1.54) is 37.8 Å². The zero-order valence-electron chi connectivity index (χ0n) is 11.3. The highest BCUT2D eigenvalue weighted by atomic mass is 19.1. The summed E-state index contributed by atoms with van der Waals surface area (Å²) in [4.78, 5) is 4.46. The van der Waals surface area contributed by atoms with Gasteiger partial charge in [-0.15, -0.1) is 0 Å². The average Bonchev–Trinajstić information content (AvgIpc) is 3.16. The summed E-state index contributed by atoms with van der Waals surface area (Å²) in [6.45, 7) is 0. The number of nitrogens with zero attached hydrogens (tertiary/aromatic N) is 2. The van der Waals surface area contributed by atoms with Crippen molar-refractivity contribution in [2.24, 2.45) is 17.8 Å². The van der Waals surface area contributed by atoms with Crippen molar-refractivity contribution in [2.45, 2.75) is 32.1 Å². The molecule has 2 aliphatic carbocycles. The highest BCUT2D eigenvalue weighted by Crippen LogP contribution is 2.49. The van der Waals surface area contributed by atoms with Gasteiger partial charge in [-0.1, -0.05) is 11.6 Å². The molecule has 0 aliphatic heterocycles. The molecule has 1 aromatic carbocycles. The molecule has 2 aliphatic rings. The molecule has 0 spiro atoms. The van der Waals surface area contributed by atoms with Crippen LogP contribution in [0.25, 0.3) is 11.4 Å². The first-order valence-corrected chi connectivity index (χ1v) is 7.36. The molecule has 0 N–H and O–H groups in total. The van der Waals surface area contributed by atoms with Crippen molar-refractivity contribution in [1.29, 1.82) is 0 Å². The largest absolute Gasteiger partial charge is 0.339 e. The molecule has 3 atom stereocenters. The Bertz CT molecular complexity index is 607. The summed E-state index contributed by atoms with van der Waals surface area (Å²) in [5.41, 5.74) is 0.800. The van der Waals surface area contributed by atoms with E-state index in [4.69, 9.17) is 4.52 Å². The number of hydrogen-bond acceptors (Lipinski definition) is 3. The quantitative estimate of drug-likeness (QED) is 0.851. The van der Waals surface area contributed by atoms with Gasteiger partial charge < -0.3 is 4.52 Å². The fourth-order valence-corrected chi connectivity index (χ4v) is 3.90. The summed E-state index contributed by atoms with van der Waals surface area (Å²) in [5.74, 6) is 3.55. The van der Waals surface area contributed by atoms with Gasteiger partial charge in [-0.05, 0) is 61.3 Å². The van der Waals surface area contributed by atoms with Crippen LogP contribution in [-0.2, 0) is 6.42 Å². The molecule has 4 heteroatoms. The van der Waals surface area contributed by atoms with Crippen LogP contribution in [-0.4, -0.2) is 10.1 Å². The molecule has 104 valence electrons. The van der Waals surface area contributed by atoms with Crippen LogP contribution in [0.15, 0.2) is 28.8 Å². The van der Waals surface area contributed by atoms with E-state index in [-0.39, 0.29) is 5.82 Å². The summed E-state index contributed by atoms with van der Waals surface area (Å²) in [6.07, 6.45) is 6.39. The Morgan fingerprint density at radius 2 is 2.00 bits per heavy atom. The molecule has 3 unspecified atom stereocenters. The minimum Gasteiger partial charge on any atom is -0.339 e. The molecule has 2 saturated carbocycles. The molecular formula is C16H17FN2O. The summed E-state index contributed by atoms with van der Waals surface area (Å²) >= 11 is 0. The average molecular weight is 272 g/mol. The first kappa shape index (κ1) is 12.1. The summed E-state index contributed by atoms with van der Waals surface area (Å²) in [6, 6.07) is 6.20. The van der Waals surface area contributed by atoms with Crippen LogP contribution in [0, 0.1) is 23.6 Å². The lowest BCUT2D eigenvalue weighted by Gasteiger charge is -2.19. The Labute approximate surface area is 117 Å². The number of hydrogen-bond donors (Lipinski definition) is 0. The molecule has 2 aromatic rings. The van der Waals surface area contributed by atoms with E-state index in [0.29, 0.717) is 5.82 Å². The zero-order chi connectivity index (χ0) is 13.5. The second-order valence-corrected chi connectivity index (χ2v) is 6.16. The normalized spacial score (nSPS) is 28.1. The summed E-state index contributed by atoms with van der Waals surface area (Å²) in [5, 5.41) is 4.01. The van der Waals surface area contributed by atoms with E-state index in [1.807, 2.05) is 0 Å². The Balaban J connectivity index is 1.49. The molecule has 1 heterocycles. The first-order valence-electron chi connectivity index (χ1n) is 7.36. The van der Waals surface area contributed by atoms with Crippen LogP contribution >= 0.6 is 0 Å². The number of fused-ring (bicyclic) bond motifs is 2. The van der Waals surface area contributed by atoms with Crippen LogP contribution in [0.5, 0.6) is 0 Å². The van der Waals surface area contributed by atoms with Gasteiger partial charge in [0.1, 0.15) is 5.82 Å². The fraction of sp³-hybridized carbons (Fsp3) is 0.500. The number of benzene rings is 1. The summed E-state index contributed by atoms with van der Waals surface area (Å²) < 4.78 is 18.3. The molecule has 1 aromatic heterocycles. The Morgan fingerprint density at radius 1 is 1.15 bits per heavy atom. The maximum absolute atomic E-state index is 12.9. The third-order valence-corrected chi connectivity index (χ3v) is 4.89. The van der Waals surface area contributed by atoms with Crippen molar-refractivity contribution < 1.29 is 8.91 Å². The molecule has 0 amide bonds. The Morgan fingerprint density at radius 3 is 2.70 bits per heavy atom. The maximum atomic E-state index is 12.9. The monoisotopic (exact) mass is 272 g/mol. The highest BCUT2D eigenvalue weighted by molar-refractivity contribution is 5.53. The Kier molecular flexibility index (Phi) is 2.83. The Hall–Kier alpha value is -1.71. The van der Waals surface area contributed by atoms with Crippen LogP contribution < -0.4 is 0 Å². The SMILES string of the molecule is Fc1ccc(-c2noc(CC3CC4CCC3C4)n2)cc1. The number of aromatic nitrogens is 2. The van der Waals surface area contributed by atoms with Crippen LogP contribution in [0.1, 0.15) is 31.6 Å². The lowest BCUT2D eigenvalue weighted by atomic mass is 9.86. The van der Waals surface area contributed by atoms with Crippen LogP contribution in [0.2, 0.25) is 0 Å². The van der Waals surface area contributed by atoms with E-state index >= 15 is 0 Å². The number of rotatable bonds is 3. The van der Waals surface area contributed by atoms with E-state index in [9.17, 15) is 4.39 Å². The van der Waals surface area contributed by atoms with Gasteiger partial charge in [0, 0.05) is 12.0 Å². The van der Waals surface area contributed by atoms with Gasteiger partial charge in [0.25, 0.3) is 0 Å². The van der Waals surface area contributed by atoms with E-state index in [0.717, 1.165) is 35.6 Å². The van der Waals surface area contributed by atoms with Gasteiger partial charge in [0.05, 0.1) is 0 Å². The second kappa shape index (κ2) is 4.69. The van der Waals surface area contributed by atoms with E-state index < -0.39 is 0 Å². The van der Waals surface area contributed by atoms with Crippen molar-refractivity contribution in [3.63, 3.8) is 0 Å². The minimum atomic E-state index is -0.251. The first-order chi connectivity index (χ1) is 9.78. The standard InChI is InChI=1S/C16H17FN2O/c17-14-5-3-11(4-6-14)16-18-15(20-19-16)9-13-8-10-1-2-12(13)7-10/h3-6,10,12-13H,1-2,7-9H2. The smallest absolute Gasteiger partial charge is 0.227 e. The van der Waals surface area contributed by atoms with Crippen LogP contribution in [0.3, 0.4) is 0 Å². The lowest BCUT2D eigenvalue weighted by Crippen LogP contribution is -2.13. The van der Waals surface area contributed by atoms with Crippen molar-refractivity contribution in [1.82, 2.24) is 10.1 Å². The maximum Gasteiger partial charge on any atom is 0.227 e. The van der Waals surface area contributed by atoms with Gasteiger partial charge in [-0.25, -0.2) is 4.39 Å². The molecule has 2 bridgehead atoms. The molecule has 20 heavy (non-hydrogen) atoms. The molecule has 0 saturated heterocycles. The topological polar surface area (TPSA) is 38.9 Å². The van der Waals surface area contributed by atoms with Gasteiger partial charge in [-0.2, -0.15) is 4.98 Å². The van der Waals surface area contributed by atoms with E-state index in [1.54, 1.807) is 12.1 Å². The molecule has 4 rings (SSSR count). The van der Waals surface area contributed by atoms with Crippen molar-refractivity contribution in [3.8, 4) is 11.4 Å². The van der Waals surface area contributed by atoms with Crippen molar-refractivity contribution >= 4 is 0 Å². The zero-order valence-corrected chi connectivity index (χ0v) is 11.3. The molecule has 3 nitrogen and oxygen atoms in total. The predicted octanol–water partition coefficient (Wildman–Crippen LogP) is 3.85. The summed E-state index contributed by atoms with van der Waals surface area (Å²) in [7, 11) is 0. The van der Waals surface area contributed by atoms with Crippen molar-refractivity contribution in [2.75, 3.05) is 0 Å². The van der Waals surface area contributed by atoms with Crippen LogP contribution in [0.4, 0.5) is 4.39 Å². The molecular weight excluding hydrogens is 255 g/mol. The van der Waals surface area contributed by atoms with Gasteiger partial charge in [-0.3, -0.25) is 0 Å². The lowest BCUT2D eigenvalue weighted by molar-refractivity contribution is 0.288. The molecule has 2 fully saturated rings.